The summed E-state index contributed by atoms with van der Waals surface area (Å²) in [5.74, 6) is -0.0421. The fraction of sp³-hybridized carbons (Fsp3) is 0.333. The van der Waals surface area contributed by atoms with Crippen LogP contribution in [0.15, 0.2) is 29.2 Å². The maximum Gasteiger partial charge on any atom is 0.180 e. The average Bonchev–Trinajstić information content (AvgIpc) is 2.16. The van der Waals surface area contributed by atoms with Gasteiger partial charge in [-0.25, -0.2) is 8.42 Å². The predicted octanol–water partition coefficient (Wildman–Crippen LogP) is 1.63. The molecule has 14 heavy (non-hydrogen) atoms. The fourth-order valence-electron chi connectivity index (χ4n) is 1.01. The Morgan fingerprint density at radius 1 is 1.29 bits per heavy atom. The Labute approximate surface area is 89.6 Å². The lowest BCUT2D eigenvalue weighted by atomic mass is 10.2. The summed E-state index contributed by atoms with van der Waals surface area (Å²) in [6, 6.07) is 6.75. The smallest absolute Gasteiger partial charge is 0.180 e. The molecule has 0 amide bonds. The van der Waals surface area contributed by atoms with Gasteiger partial charge in [-0.05, 0) is 32.0 Å². The molecule has 0 bridgehead atoms. The molecule has 1 rings (SSSR count). The van der Waals surface area contributed by atoms with Crippen molar-refractivity contribution >= 4 is 22.7 Å². The first-order valence-corrected chi connectivity index (χ1v) is 6.14. The third kappa shape index (κ3) is 3.01. The Bertz CT molecular complexity index is 381. The molecule has 3 nitrogen and oxygen atoms in total. The molecular formula is C9H12O3S2. The van der Waals surface area contributed by atoms with Crippen LogP contribution in [0.4, 0.5) is 0 Å². The highest BCUT2D eigenvalue weighted by Crippen LogP contribution is 2.11. The molecule has 0 fully saturated rings. The number of hydrogen-bond donors (Lipinski definition) is 1. The van der Waals surface area contributed by atoms with Crippen LogP contribution in [-0.2, 0) is 14.0 Å². The van der Waals surface area contributed by atoms with E-state index in [-0.39, 0.29) is 12.4 Å². The zero-order valence-corrected chi connectivity index (χ0v) is 9.51. The molecule has 0 atom stereocenters. The van der Waals surface area contributed by atoms with Gasteiger partial charge in [0, 0.05) is 0 Å². The van der Waals surface area contributed by atoms with Crippen LogP contribution in [0.25, 0.3) is 0 Å². The summed E-state index contributed by atoms with van der Waals surface area (Å²) in [7, 11) is -3.21. The molecule has 0 aromatic heterocycles. The van der Waals surface area contributed by atoms with E-state index in [1.807, 2.05) is 6.92 Å². The first-order valence-electron chi connectivity index (χ1n) is 4.12. The largest absolute Gasteiger partial charge is 0.317 e. The molecule has 0 radical (unpaired) electrons. The maximum atomic E-state index is 11.6. The van der Waals surface area contributed by atoms with Gasteiger partial charge in [0.15, 0.2) is 9.84 Å². The zero-order chi connectivity index (χ0) is 10.6. The van der Waals surface area contributed by atoms with Crippen molar-refractivity contribution in [3.05, 3.63) is 29.8 Å². The highest BCUT2D eigenvalue weighted by Gasteiger charge is 2.13. The van der Waals surface area contributed by atoms with Crippen molar-refractivity contribution in [3.63, 3.8) is 0 Å². The van der Waals surface area contributed by atoms with Gasteiger partial charge in [-0.3, -0.25) is 0 Å². The topological polar surface area (TPSA) is 43.4 Å². The molecule has 0 spiro atoms. The second kappa shape index (κ2) is 4.82. The highest BCUT2D eigenvalue weighted by molar-refractivity contribution is 7.91. The zero-order valence-electron chi connectivity index (χ0n) is 7.80. The van der Waals surface area contributed by atoms with Crippen molar-refractivity contribution in [2.24, 2.45) is 0 Å². The molecule has 0 saturated heterocycles. The van der Waals surface area contributed by atoms with Gasteiger partial charge in [0.1, 0.15) is 0 Å². The molecule has 1 aromatic carbocycles. The lowest BCUT2D eigenvalue weighted by Gasteiger charge is -2.03. The minimum Gasteiger partial charge on any atom is -0.317 e. The molecular weight excluding hydrogens is 220 g/mol. The lowest BCUT2D eigenvalue weighted by Crippen LogP contribution is -2.10. The van der Waals surface area contributed by atoms with Crippen LogP contribution in [0.1, 0.15) is 5.56 Å². The number of sulfone groups is 1. The average molecular weight is 232 g/mol. The van der Waals surface area contributed by atoms with Gasteiger partial charge < -0.3 is 4.18 Å². The highest BCUT2D eigenvalue weighted by atomic mass is 32.2. The van der Waals surface area contributed by atoms with E-state index in [9.17, 15) is 8.42 Å². The molecule has 0 saturated carbocycles. The number of hydrogen-bond acceptors (Lipinski definition) is 4. The third-order valence-electron chi connectivity index (χ3n) is 1.82. The number of aryl methyl sites for hydroxylation is 1. The monoisotopic (exact) mass is 232 g/mol. The van der Waals surface area contributed by atoms with Gasteiger partial charge in [-0.2, -0.15) is 0 Å². The Morgan fingerprint density at radius 3 is 2.36 bits per heavy atom. The molecule has 1 aromatic rings. The maximum absolute atomic E-state index is 11.6. The van der Waals surface area contributed by atoms with E-state index in [1.54, 1.807) is 24.3 Å². The molecule has 0 heterocycles. The SMILES string of the molecule is Cc1ccc(S(=O)(=O)CCOS)cc1. The summed E-state index contributed by atoms with van der Waals surface area (Å²) in [6.45, 7) is 2.01. The van der Waals surface area contributed by atoms with E-state index < -0.39 is 9.84 Å². The lowest BCUT2D eigenvalue weighted by molar-refractivity contribution is 0.409. The van der Waals surface area contributed by atoms with Gasteiger partial charge in [-0.1, -0.05) is 17.7 Å². The van der Waals surface area contributed by atoms with E-state index in [2.05, 4.69) is 17.1 Å². The normalized spacial score (nSPS) is 11.6. The molecule has 0 aliphatic heterocycles. The number of benzene rings is 1. The van der Waals surface area contributed by atoms with Crippen LogP contribution >= 0.6 is 12.9 Å². The first-order chi connectivity index (χ1) is 6.56. The minimum atomic E-state index is -3.21. The minimum absolute atomic E-state index is 0.0421. The quantitative estimate of drug-likeness (QED) is 0.634. The predicted molar refractivity (Wildman–Crippen MR) is 58.2 cm³/mol. The summed E-state index contributed by atoms with van der Waals surface area (Å²) in [6.07, 6.45) is 0. The van der Waals surface area contributed by atoms with Crippen LogP contribution in [-0.4, -0.2) is 20.8 Å². The molecule has 78 valence electrons. The van der Waals surface area contributed by atoms with Gasteiger partial charge in [0.05, 0.1) is 17.3 Å². The fourth-order valence-corrected chi connectivity index (χ4v) is 2.31. The van der Waals surface area contributed by atoms with E-state index in [4.69, 9.17) is 0 Å². The second-order valence-electron chi connectivity index (χ2n) is 2.97. The second-order valence-corrected chi connectivity index (χ2v) is 5.33. The van der Waals surface area contributed by atoms with Crippen LogP contribution in [0.3, 0.4) is 0 Å². The summed E-state index contributed by atoms with van der Waals surface area (Å²) < 4.78 is 27.6. The van der Waals surface area contributed by atoms with Crippen molar-refractivity contribution in [2.45, 2.75) is 11.8 Å². The summed E-state index contributed by atoms with van der Waals surface area (Å²) in [5.41, 5.74) is 1.04. The van der Waals surface area contributed by atoms with E-state index in [1.165, 1.54) is 0 Å². The van der Waals surface area contributed by atoms with Crippen molar-refractivity contribution in [1.82, 2.24) is 0 Å². The molecule has 0 aliphatic rings. The van der Waals surface area contributed by atoms with E-state index in [0.717, 1.165) is 5.56 Å². The Kier molecular flexibility index (Phi) is 3.97. The Balaban J connectivity index is 2.87. The third-order valence-corrected chi connectivity index (χ3v) is 3.70. The van der Waals surface area contributed by atoms with Gasteiger partial charge in [0.2, 0.25) is 0 Å². The van der Waals surface area contributed by atoms with E-state index in [0.29, 0.717) is 4.90 Å². The summed E-state index contributed by atoms with van der Waals surface area (Å²) in [5, 5.41) is 0. The molecule has 0 unspecified atom stereocenters. The van der Waals surface area contributed by atoms with Crippen LogP contribution in [0, 0.1) is 6.92 Å². The van der Waals surface area contributed by atoms with Crippen molar-refractivity contribution in [3.8, 4) is 0 Å². The van der Waals surface area contributed by atoms with Crippen molar-refractivity contribution < 1.29 is 12.6 Å². The Hall–Kier alpha value is -0.520. The molecule has 0 aliphatic carbocycles. The molecule has 0 N–H and O–H groups in total. The number of thiol groups is 1. The van der Waals surface area contributed by atoms with E-state index >= 15 is 0 Å². The van der Waals surface area contributed by atoms with Gasteiger partial charge in [-0.15, -0.1) is 0 Å². The number of rotatable bonds is 4. The summed E-state index contributed by atoms with van der Waals surface area (Å²) in [4.78, 5) is 0.327. The van der Waals surface area contributed by atoms with Gasteiger partial charge in [0.25, 0.3) is 0 Å². The van der Waals surface area contributed by atoms with Gasteiger partial charge >= 0.3 is 0 Å². The Morgan fingerprint density at radius 2 is 1.86 bits per heavy atom. The van der Waals surface area contributed by atoms with Crippen molar-refractivity contribution in [2.75, 3.05) is 12.4 Å². The first kappa shape index (κ1) is 11.6. The standard InChI is InChI=1S/C9H12O3S2/c1-8-2-4-9(5-3-8)14(10,11)7-6-12-13/h2-5,13H,6-7H2,1H3. The van der Waals surface area contributed by atoms with Crippen LogP contribution < -0.4 is 0 Å². The molecule has 5 heteroatoms. The van der Waals surface area contributed by atoms with Crippen LogP contribution in [0.2, 0.25) is 0 Å². The van der Waals surface area contributed by atoms with Crippen LogP contribution in [0.5, 0.6) is 0 Å². The summed E-state index contributed by atoms with van der Waals surface area (Å²) >= 11 is 3.50. The van der Waals surface area contributed by atoms with Crippen molar-refractivity contribution in [1.29, 1.82) is 0 Å².